The van der Waals surface area contributed by atoms with Crippen LogP contribution in [-0.4, -0.2) is 32.8 Å². The molecule has 3 nitrogen and oxygen atoms in total. The molecule has 2 rings (SSSR count). The van der Waals surface area contributed by atoms with Gasteiger partial charge in [0, 0.05) is 37.8 Å². The molecule has 3 atom stereocenters. The smallest absolute Gasteiger partial charge is 0.0667 e. The number of nitrogens with zero attached hydrogens (tertiary/aromatic N) is 1. The van der Waals surface area contributed by atoms with E-state index in [1.165, 1.54) is 0 Å². The normalized spacial score (nSPS) is 28.1. The summed E-state index contributed by atoms with van der Waals surface area (Å²) in [7, 11) is 4.00. The minimum Gasteiger partial charge on any atom is -0.382 e. The zero-order valence-electron chi connectivity index (χ0n) is 13.7. The molecular formula is C17H27ClN2O. The molecule has 1 fully saturated rings. The van der Waals surface area contributed by atoms with Crippen molar-refractivity contribution in [2.24, 2.45) is 5.41 Å². The first-order valence-corrected chi connectivity index (χ1v) is 8.15. The zero-order chi connectivity index (χ0) is 15.6. The van der Waals surface area contributed by atoms with Crippen molar-refractivity contribution in [3.8, 4) is 0 Å². The molecule has 1 aliphatic rings. The predicted molar refractivity (Wildman–Crippen MR) is 91.6 cm³/mol. The molecule has 1 N–H and O–H groups in total. The van der Waals surface area contributed by atoms with Gasteiger partial charge in [-0.25, -0.2) is 0 Å². The fraction of sp³-hybridized carbons (Fsp3) is 0.647. The summed E-state index contributed by atoms with van der Waals surface area (Å²) in [6, 6.07) is 6.62. The maximum atomic E-state index is 6.35. The molecule has 0 saturated heterocycles. The highest BCUT2D eigenvalue weighted by molar-refractivity contribution is 6.33. The van der Waals surface area contributed by atoms with Gasteiger partial charge in [0.2, 0.25) is 0 Å². The lowest BCUT2D eigenvalue weighted by Crippen LogP contribution is -2.59. The van der Waals surface area contributed by atoms with Crippen molar-refractivity contribution in [2.45, 2.75) is 45.8 Å². The monoisotopic (exact) mass is 310 g/mol. The van der Waals surface area contributed by atoms with Crippen LogP contribution in [0.25, 0.3) is 0 Å². The van der Waals surface area contributed by atoms with Gasteiger partial charge in [0.1, 0.15) is 0 Å². The molecule has 3 unspecified atom stereocenters. The fourth-order valence-corrected chi connectivity index (χ4v) is 3.48. The molecule has 1 aliphatic carbocycles. The highest BCUT2D eigenvalue weighted by atomic mass is 35.5. The first-order chi connectivity index (χ1) is 9.92. The Labute approximate surface area is 133 Å². The largest absolute Gasteiger partial charge is 0.382 e. The van der Waals surface area contributed by atoms with Crippen LogP contribution in [0.3, 0.4) is 0 Å². The van der Waals surface area contributed by atoms with Crippen molar-refractivity contribution >= 4 is 23.0 Å². The minimum atomic E-state index is 0.197. The van der Waals surface area contributed by atoms with Gasteiger partial charge in [-0.1, -0.05) is 25.4 Å². The Morgan fingerprint density at radius 3 is 2.62 bits per heavy atom. The van der Waals surface area contributed by atoms with Crippen LogP contribution in [0.15, 0.2) is 18.2 Å². The van der Waals surface area contributed by atoms with E-state index in [9.17, 15) is 0 Å². The van der Waals surface area contributed by atoms with Crippen LogP contribution >= 0.6 is 11.6 Å². The van der Waals surface area contributed by atoms with Crippen LogP contribution in [0, 0.1) is 5.41 Å². The van der Waals surface area contributed by atoms with E-state index < -0.39 is 0 Å². The van der Waals surface area contributed by atoms with Gasteiger partial charge in [0.05, 0.1) is 16.8 Å². The molecule has 1 aromatic carbocycles. The quantitative estimate of drug-likeness (QED) is 0.842. The summed E-state index contributed by atoms with van der Waals surface area (Å²) in [5.41, 5.74) is 2.33. The number of benzene rings is 1. The highest BCUT2D eigenvalue weighted by Gasteiger charge is 2.51. The van der Waals surface area contributed by atoms with E-state index in [-0.39, 0.29) is 5.41 Å². The lowest BCUT2D eigenvalue weighted by atomic mass is 9.61. The molecule has 21 heavy (non-hydrogen) atoms. The topological polar surface area (TPSA) is 24.5 Å². The van der Waals surface area contributed by atoms with E-state index in [1.807, 2.05) is 25.1 Å². The number of nitrogens with one attached hydrogen (secondary N) is 1. The Hall–Kier alpha value is -0.930. The summed E-state index contributed by atoms with van der Waals surface area (Å²) >= 11 is 6.35. The average molecular weight is 311 g/mol. The van der Waals surface area contributed by atoms with E-state index >= 15 is 0 Å². The van der Waals surface area contributed by atoms with Crippen molar-refractivity contribution in [3.63, 3.8) is 0 Å². The SMILES string of the molecule is CCOC1CC(Nc2ccc(N(C)C)c(Cl)c2)C1(C)CC. The van der Waals surface area contributed by atoms with Crippen LogP contribution in [0.4, 0.5) is 11.4 Å². The lowest BCUT2D eigenvalue weighted by Gasteiger charge is -2.54. The molecule has 0 aromatic heterocycles. The molecule has 0 amide bonds. The summed E-state index contributed by atoms with van der Waals surface area (Å²) < 4.78 is 5.85. The fourth-order valence-electron chi connectivity index (χ4n) is 3.13. The van der Waals surface area contributed by atoms with Crippen LogP contribution in [0.1, 0.15) is 33.6 Å². The number of halogens is 1. The van der Waals surface area contributed by atoms with E-state index in [1.54, 1.807) is 0 Å². The zero-order valence-corrected chi connectivity index (χ0v) is 14.5. The predicted octanol–water partition coefficient (Wildman–Crippen LogP) is 4.41. The highest BCUT2D eigenvalue weighted by Crippen LogP contribution is 2.47. The van der Waals surface area contributed by atoms with Crippen molar-refractivity contribution in [2.75, 3.05) is 30.9 Å². The minimum absolute atomic E-state index is 0.197. The molecule has 1 aromatic rings. The Balaban J connectivity index is 2.07. The van der Waals surface area contributed by atoms with E-state index in [0.29, 0.717) is 12.1 Å². The first kappa shape index (κ1) is 16.4. The van der Waals surface area contributed by atoms with Gasteiger partial charge in [-0.15, -0.1) is 0 Å². The second-order valence-corrected chi connectivity index (χ2v) is 6.70. The van der Waals surface area contributed by atoms with Gasteiger partial charge in [0.25, 0.3) is 0 Å². The molecule has 0 bridgehead atoms. The second-order valence-electron chi connectivity index (χ2n) is 6.30. The van der Waals surface area contributed by atoms with E-state index in [0.717, 1.165) is 35.8 Å². The molecule has 0 spiro atoms. The Morgan fingerprint density at radius 2 is 2.10 bits per heavy atom. The standard InChI is InChI=1S/C17H27ClN2O/c1-6-17(3)15(11-16(17)21-7-2)19-12-8-9-14(20(4)5)13(18)10-12/h8-10,15-16,19H,6-7,11H2,1-5H3. The molecule has 118 valence electrons. The van der Waals surface area contributed by atoms with Crippen molar-refractivity contribution in [1.82, 2.24) is 0 Å². The summed E-state index contributed by atoms with van der Waals surface area (Å²) in [6.45, 7) is 7.40. The third kappa shape index (κ3) is 3.14. The van der Waals surface area contributed by atoms with Crippen LogP contribution in [-0.2, 0) is 4.74 Å². The third-order valence-corrected chi connectivity index (χ3v) is 5.18. The molecule has 1 saturated carbocycles. The number of hydrogen-bond acceptors (Lipinski definition) is 3. The van der Waals surface area contributed by atoms with Crippen molar-refractivity contribution < 1.29 is 4.74 Å². The lowest BCUT2D eigenvalue weighted by molar-refractivity contribution is -0.109. The van der Waals surface area contributed by atoms with Crippen LogP contribution < -0.4 is 10.2 Å². The number of anilines is 2. The molecule has 0 radical (unpaired) electrons. The van der Waals surface area contributed by atoms with Gasteiger partial charge in [0.15, 0.2) is 0 Å². The van der Waals surface area contributed by atoms with Gasteiger partial charge in [-0.05, 0) is 38.0 Å². The second kappa shape index (κ2) is 6.45. The van der Waals surface area contributed by atoms with Crippen molar-refractivity contribution in [3.05, 3.63) is 23.2 Å². The van der Waals surface area contributed by atoms with Crippen molar-refractivity contribution in [1.29, 1.82) is 0 Å². The summed E-state index contributed by atoms with van der Waals surface area (Å²) in [5, 5.41) is 4.41. The summed E-state index contributed by atoms with van der Waals surface area (Å²) in [6.07, 6.45) is 2.53. The molecular weight excluding hydrogens is 284 g/mol. The van der Waals surface area contributed by atoms with Gasteiger partial charge < -0.3 is 15.0 Å². The first-order valence-electron chi connectivity index (χ1n) is 7.77. The van der Waals surface area contributed by atoms with Gasteiger partial charge >= 0.3 is 0 Å². The van der Waals surface area contributed by atoms with Gasteiger partial charge in [-0.3, -0.25) is 0 Å². The Morgan fingerprint density at radius 1 is 1.38 bits per heavy atom. The number of ether oxygens (including phenoxy) is 1. The number of rotatable bonds is 6. The number of hydrogen-bond donors (Lipinski definition) is 1. The maximum Gasteiger partial charge on any atom is 0.0667 e. The maximum absolute atomic E-state index is 6.35. The van der Waals surface area contributed by atoms with Crippen LogP contribution in [0.5, 0.6) is 0 Å². The Kier molecular flexibility index (Phi) is 5.05. The summed E-state index contributed by atoms with van der Waals surface area (Å²) in [5.74, 6) is 0. The van der Waals surface area contributed by atoms with Crippen LogP contribution in [0.2, 0.25) is 5.02 Å². The molecule has 0 heterocycles. The summed E-state index contributed by atoms with van der Waals surface area (Å²) in [4.78, 5) is 2.02. The molecule has 0 aliphatic heterocycles. The third-order valence-electron chi connectivity index (χ3n) is 4.88. The van der Waals surface area contributed by atoms with Gasteiger partial charge in [-0.2, -0.15) is 0 Å². The molecule has 4 heteroatoms. The average Bonchev–Trinajstić information content (AvgIpc) is 2.45. The van der Waals surface area contributed by atoms with E-state index in [2.05, 4.69) is 38.2 Å². The Bertz CT molecular complexity index is 492. The van der Waals surface area contributed by atoms with E-state index in [4.69, 9.17) is 16.3 Å².